The Morgan fingerprint density at radius 3 is 2.90 bits per heavy atom. The summed E-state index contributed by atoms with van der Waals surface area (Å²) in [7, 11) is 0. The summed E-state index contributed by atoms with van der Waals surface area (Å²) in [5, 5.41) is 12.3. The van der Waals surface area contributed by atoms with Gasteiger partial charge in [0.05, 0.1) is 11.6 Å². The normalized spacial score (nSPS) is 17.1. The molecule has 1 aliphatic rings. The number of nitrogens with one attached hydrogen (secondary N) is 1. The molecule has 0 bridgehead atoms. The molecule has 0 radical (unpaired) electrons. The number of anilines is 1. The number of benzene rings is 2. The summed E-state index contributed by atoms with van der Waals surface area (Å²) < 4.78 is 13.8. The van der Waals surface area contributed by atoms with E-state index in [-0.39, 0.29) is 17.4 Å². The second-order valence-electron chi connectivity index (χ2n) is 4.88. The van der Waals surface area contributed by atoms with E-state index in [1.165, 1.54) is 17.8 Å². The van der Waals surface area contributed by atoms with Crippen molar-refractivity contribution in [2.45, 2.75) is 17.4 Å². The third-order valence-electron chi connectivity index (χ3n) is 3.48. The first-order chi connectivity index (χ1) is 10.1. The van der Waals surface area contributed by atoms with E-state index in [1.807, 2.05) is 12.1 Å². The molecule has 3 nitrogen and oxygen atoms in total. The zero-order chi connectivity index (χ0) is 14.8. The Kier molecular flexibility index (Phi) is 3.84. The van der Waals surface area contributed by atoms with E-state index < -0.39 is 5.97 Å². The number of hydrogen-bond donors (Lipinski definition) is 2. The van der Waals surface area contributed by atoms with Crippen LogP contribution in [0, 0.1) is 5.82 Å². The molecular formula is C16H14FNO2S. The number of aromatic carboxylic acids is 1. The number of carboxylic acids is 1. The molecule has 0 fully saturated rings. The molecule has 0 saturated carbocycles. The van der Waals surface area contributed by atoms with Crippen molar-refractivity contribution < 1.29 is 14.3 Å². The lowest BCUT2D eigenvalue weighted by Crippen LogP contribution is -2.17. The van der Waals surface area contributed by atoms with Crippen molar-refractivity contribution in [3.05, 3.63) is 59.4 Å². The molecule has 0 saturated heterocycles. The molecule has 108 valence electrons. The summed E-state index contributed by atoms with van der Waals surface area (Å²) >= 11 is 1.53. The standard InChI is InChI=1S/C16H14FNO2S/c17-13-6-2-5-12-14(7-8-21-15(12)13)18-11-4-1-3-10(9-11)16(19)20/h1-6,9,14,18H,7-8H2,(H,19,20). The van der Waals surface area contributed by atoms with E-state index in [9.17, 15) is 9.18 Å². The molecule has 21 heavy (non-hydrogen) atoms. The summed E-state index contributed by atoms with van der Waals surface area (Å²) in [5.41, 5.74) is 1.92. The molecule has 0 aliphatic carbocycles. The van der Waals surface area contributed by atoms with E-state index in [4.69, 9.17) is 5.11 Å². The number of halogens is 1. The predicted octanol–water partition coefficient (Wildman–Crippen LogP) is 4.17. The number of rotatable bonds is 3. The number of carboxylic acid groups (broad SMARTS) is 1. The molecule has 0 aromatic heterocycles. The van der Waals surface area contributed by atoms with Crippen molar-refractivity contribution in [2.24, 2.45) is 0 Å². The first kappa shape index (κ1) is 13.9. The van der Waals surface area contributed by atoms with Gasteiger partial charge in [0.15, 0.2) is 0 Å². The number of fused-ring (bicyclic) bond motifs is 1. The van der Waals surface area contributed by atoms with Crippen LogP contribution >= 0.6 is 11.8 Å². The van der Waals surface area contributed by atoms with Crippen LogP contribution in [0.4, 0.5) is 10.1 Å². The first-order valence-corrected chi connectivity index (χ1v) is 7.65. The van der Waals surface area contributed by atoms with Gasteiger partial charge in [0.2, 0.25) is 0 Å². The van der Waals surface area contributed by atoms with E-state index >= 15 is 0 Å². The van der Waals surface area contributed by atoms with Crippen LogP contribution in [0.15, 0.2) is 47.4 Å². The van der Waals surface area contributed by atoms with Gasteiger partial charge in [-0.2, -0.15) is 0 Å². The van der Waals surface area contributed by atoms with Gasteiger partial charge in [-0.05, 0) is 36.2 Å². The summed E-state index contributed by atoms with van der Waals surface area (Å²) in [6.07, 6.45) is 0.873. The van der Waals surface area contributed by atoms with Gasteiger partial charge in [-0.15, -0.1) is 11.8 Å². The van der Waals surface area contributed by atoms with Gasteiger partial charge in [-0.25, -0.2) is 9.18 Å². The molecule has 2 aromatic carbocycles. The second-order valence-corrected chi connectivity index (χ2v) is 5.98. The monoisotopic (exact) mass is 303 g/mol. The van der Waals surface area contributed by atoms with Crippen LogP contribution in [0.1, 0.15) is 28.4 Å². The SMILES string of the molecule is O=C(O)c1cccc(NC2CCSc3c(F)cccc32)c1. The topological polar surface area (TPSA) is 49.3 Å². The lowest BCUT2D eigenvalue weighted by atomic mass is 10.0. The maximum atomic E-state index is 13.8. The minimum Gasteiger partial charge on any atom is -0.478 e. The van der Waals surface area contributed by atoms with Crippen molar-refractivity contribution in [3.63, 3.8) is 0 Å². The number of thioether (sulfide) groups is 1. The second kappa shape index (κ2) is 5.77. The molecular weight excluding hydrogens is 289 g/mol. The molecule has 1 heterocycles. The molecule has 0 amide bonds. The highest BCUT2D eigenvalue weighted by molar-refractivity contribution is 7.99. The Labute approximate surface area is 126 Å². The Morgan fingerprint density at radius 1 is 1.29 bits per heavy atom. The Bertz CT molecular complexity index is 690. The molecule has 1 unspecified atom stereocenters. The summed E-state index contributed by atoms with van der Waals surface area (Å²) in [4.78, 5) is 11.7. The Balaban J connectivity index is 1.89. The first-order valence-electron chi connectivity index (χ1n) is 6.66. The molecule has 2 aromatic rings. The number of hydrogen-bond acceptors (Lipinski definition) is 3. The molecule has 1 aliphatic heterocycles. The van der Waals surface area contributed by atoms with Gasteiger partial charge in [0.1, 0.15) is 5.82 Å². The molecule has 0 spiro atoms. The highest BCUT2D eigenvalue weighted by Crippen LogP contribution is 2.39. The van der Waals surface area contributed by atoms with Crippen LogP contribution in [0.3, 0.4) is 0 Å². The molecule has 5 heteroatoms. The quantitative estimate of drug-likeness (QED) is 0.893. The maximum absolute atomic E-state index is 13.8. The average molecular weight is 303 g/mol. The smallest absolute Gasteiger partial charge is 0.335 e. The minimum absolute atomic E-state index is 0.000921. The van der Waals surface area contributed by atoms with Crippen LogP contribution in [-0.4, -0.2) is 16.8 Å². The van der Waals surface area contributed by atoms with Gasteiger partial charge in [-0.1, -0.05) is 18.2 Å². The lowest BCUT2D eigenvalue weighted by Gasteiger charge is -2.27. The fourth-order valence-corrected chi connectivity index (χ4v) is 3.62. The van der Waals surface area contributed by atoms with Crippen molar-refractivity contribution in [3.8, 4) is 0 Å². The summed E-state index contributed by atoms with van der Waals surface area (Å²) in [6, 6.07) is 11.8. The average Bonchev–Trinajstić information content (AvgIpc) is 2.49. The van der Waals surface area contributed by atoms with Gasteiger partial charge < -0.3 is 10.4 Å². The van der Waals surface area contributed by atoms with Gasteiger partial charge in [0.25, 0.3) is 0 Å². The maximum Gasteiger partial charge on any atom is 0.335 e. The van der Waals surface area contributed by atoms with Crippen LogP contribution in [0.2, 0.25) is 0 Å². The van der Waals surface area contributed by atoms with E-state index in [0.29, 0.717) is 4.90 Å². The van der Waals surface area contributed by atoms with Gasteiger partial charge >= 0.3 is 5.97 Å². The van der Waals surface area contributed by atoms with Crippen molar-refractivity contribution in [2.75, 3.05) is 11.1 Å². The van der Waals surface area contributed by atoms with Crippen molar-refractivity contribution in [1.29, 1.82) is 0 Å². The predicted molar refractivity (Wildman–Crippen MR) is 81.5 cm³/mol. The van der Waals surface area contributed by atoms with Gasteiger partial charge in [0, 0.05) is 16.3 Å². The van der Waals surface area contributed by atoms with Crippen LogP contribution in [0.25, 0.3) is 0 Å². The van der Waals surface area contributed by atoms with E-state index in [2.05, 4.69) is 5.32 Å². The number of carbonyl (C=O) groups is 1. The zero-order valence-corrected chi connectivity index (χ0v) is 12.0. The third kappa shape index (κ3) is 2.88. The van der Waals surface area contributed by atoms with Crippen LogP contribution in [-0.2, 0) is 0 Å². The summed E-state index contributed by atoms with van der Waals surface area (Å²) in [6.45, 7) is 0. The van der Waals surface area contributed by atoms with Crippen molar-refractivity contribution in [1.82, 2.24) is 0 Å². The van der Waals surface area contributed by atoms with E-state index in [1.54, 1.807) is 24.3 Å². The van der Waals surface area contributed by atoms with Gasteiger partial charge in [-0.3, -0.25) is 0 Å². The highest BCUT2D eigenvalue weighted by atomic mass is 32.2. The molecule has 1 atom stereocenters. The Morgan fingerprint density at radius 2 is 2.10 bits per heavy atom. The van der Waals surface area contributed by atoms with E-state index in [0.717, 1.165) is 23.4 Å². The fraction of sp³-hybridized carbons (Fsp3) is 0.188. The highest BCUT2D eigenvalue weighted by Gasteiger charge is 2.23. The summed E-state index contributed by atoms with van der Waals surface area (Å²) in [5.74, 6) is -0.308. The zero-order valence-electron chi connectivity index (χ0n) is 11.2. The fourth-order valence-electron chi connectivity index (χ4n) is 2.48. The Hall–Kier alpha value is -2.01. The molecule has 3 rings (SSSR count). The molecule has 2 N–H and O–H groups in total. The lowest BCUT2D eigenvalue weighted by molar-refractivity contribution is 0.0697. The minimum atomic E-state index is -0.954. The van der Waals surface area contributed by atoms with Crippen LogP contribution < -0.4 is 5.32 Å². The van der Waals surface area contributed by atoms with Crippen LogP contribution in [0.5, 0.6) is 0 Å². The largest absolute Gasteiger partial charge is 0.478 e. The third-order valence-corrected chi connectivity index (χ3v) is 4.64. The van der Waals surface area contributed by atoms with Crippen molar-refractivity contribution >= 4 is 23.4 Å².